The van der Waals surface area contributed by atoms with Crippen LogP contribution in [0.5, 0.6) is 0 Å². The Morgan fingerprint density at radius 3 is 2.47 bits per heavy atom. The number of fused-ring (bicyclic) bond motifs is 1. The Labute approximate surface area is 199 Å². The summed E-state index contributed by atoms with van der Waals surface area (Å²) in [4.78, 5) is 21.4. The van der Waals surface area contributed by atoms with Gasteiger partial charge in [0, 0.05) is 64.3 Å². The van der Waals surface area contributed by atoms with Crippen molar-refractivity contribution in [2.24, 2.45) is 0 Å². The highest BCUT2D eigenvalue weighted by atomic mass is 32.2. The molecule has 0 radical (unpaired) electrons. The molecule has 0 saturated carbocycles. The number of carbonyl (C=O) groups excluding carboxylic acids is 1. The SMILES string of the molecule is CN(CCCC(=O)N1CCN(Cc2cccc3cccnc23)CC1)S(=O)(=O)c1ccc(F)cc1. The predicted octanol–water partition coefficient (Wildman–Crippen LogP) is 3.12. The molecule has 0 atom stereocenters. The first kappa shape index (κ1) is 24.3. The summed E-state index contributed by atoms with van der Waals surface area (Å²) in [6.07, 6.45) is 2.53. The number of amides is 1. The Balaban J connectivity index is 1.23. The number of halogens is 1. The van der Waals surface area contributed by atoms with Crippen molar-refractivity contribution in [3.63, 3.8) is 0 Å². The number of para-hydroxylation sites is 1. The highest BCUT2D eigenvalue weighted by Crippen LogP contribution is 2.19. The molecule has 180 valence electrons. The lowest BCUT2D eigenvalue weighted by Crippen LogP contribution is -2.48. The summed E-state index contributed by atoms with van der Waals surface area (Å²) < 4.78 is 39.5. The molecule has 1 aromatic heterocycles. The average molecular weight is 485 g/mol. The Morgan fingerprint density at radius 2 is 1.74 bits per heavy atom. The molecule has 0 aliphatic carbocycles. The molecule has 1 amide bonds. The third kappa shape index (κ3) is 5.60. The number of rotatable bonds is 8. The van der Waals surface area contributed by atoms with Gasteiger partial charge in [-0.2, -0.15) is 0 Å². The number of sulfonamides is 1. The van der Waals surface area contributed by atoms with E-state index in [0.29, 0.717) is 19.5 Å². The zero-order valence-corrected chi connectivity index (χ0v) is 20.0. The van der Waals surface area contributed by atoms with Crippen LogP contribution in [0.4, 0.5) is 4.39 Å². The Hall–Kier alpha value is -2.88. The van der Waals surface area contributed by atoms with Gasteiger partial charge in [0.25, 0.3) is 0 Å². The largest absolute Gasteiger partial charge is 0.340 e. The van der Waals surface area contributed by atoms with Gasteiger partial charge in [-0.1, -0.05) is 24.3 Å². The van der Waals surface area contributed by atoms with Gasteiger partial charge in [0.15, 0.2) is 0 Å². The number of hydrogen-bond acceptors (Lipinski definition) is 5. The molecule has 1 aliphatic rings. The van der Waals surface area contributed by atoms with Crippen molar-refractivity contribution in [1.29, 1.82) is 0 Å². The molecule has 0 N–H and O–H groups in total. The van der Waals surface area contributed by atoms with Crippen LogP contribution in [-0.4, -0.2) is 73.2 Å². The smallest absolute Gasteiger partial charge is 0.242 e. The molecule has 4 rings (SSSR count). The normalized spacial score (nSPS) is 15.2. The Bertz CT molecular complexity index is 1240. The van der Waals surface area contributed by atoms with Gasteiger partial charge in [-0.15, -0.1) is 0 Å². The van der Waals surface area contributed by atoms with Crippen molar-refractivity contribution in [2.75, 3.05) is 39.8 Å². The highest BCUT2D eigenvalue weighted by molar-refractivity contribution is 7.89. The molecular weight excluding hydrogens is 455 g/mol. The second kappa shape index (κ2) is 10.6. The van der Waals surface area contributed by atoms with E-state index < -0.39 is 15.8 Å². The molecule has 2 aromatic carbocycles. The first-order valence-electron chi connectivity index (χ1n) is 11.4. The maximum absolute atomic E-state index is 13.1. The number of aromatic nitrogens is 1. The minimum Gasteiger partial charge on any atom is -0.340 e. The van der Waals surface area contributed by atoms with E-state index in [1.54, 1.807) is 0 Å². The highest BCUT2D eigenvalue weighted by Gasteiger charge is 2.23. The van der Waals surface area contributed by atoms with Gasteiger partial charge in [-0.25, -0.2) is 17.1 Å². The van der Waals surface area contributed by atoms with Gasteiger partial charge in [-0.05, 0) is 42.3 Å². The zero-order valence-electron chi connectivity index (χ0n) is 19.2. The first-order chi connectivity index (χ1) is 16.3. The lowest BCUT2D eigenvalue weighted by molar-refractivity contribution is -0.133. The lowest BCUT2D eigenvalue weighted by Gasteiger charge is -2.35. The number of nitrogens with zero attached hydrogens (tertiary/aromatic N) is 4. The topological polar surface area (TPSA) is 73.8 Å². The Kier molecular flexibility index (Phi) is 7.55. The van der Waals surface area contributed by atoms with Crippen LogP contribution in [0.3, 0.4) is 0 Å². The summed E-state index contributed by atoms with van der Waals surface area (Å²) in [5, 5.41) is 1.13. The number of carbonyl (C=O) groups is 1. The van der Waals surface area contributed by atoms with Crippen molar-refractivity contribution in [1.82, 2.24) is 19.1 Å². The summed E-state index contributed by atoms with van der Waals surface area (Å²) in [6.45, 7) is 3.89. The van der Waals surface area contributed by atoms with Crippen LogP contribution in [-0.2, 0) is 21.4 Å². The zero-order chi connectivity index (χ0) is 24.1. The van der Waals surface area contributed by atoms with Gasteiger partial charge in [0.05, 0.1) is 10.4 Å². The fourth-order valence-corrected chi connectivity index (χ4v) is 5.42. The van der Waals surface area contributed by atoms with Crippen LogP contribution in [0.1, 0.15) is 18.4 Å². The average Bonchev–Trinajstić information content (AvgIpc) is 2.85. The van der Waals surface area contributed by atoms with Crippen LogP contribution in [0, 0.1) is 5.82 Å². The summed E-state index contributed by atoms with van der Waals surface area (Å²) in [7, 11) is -2.23. The van der Waals surface area contributed by atoms with Gasteiger partial charge in [0.2, 0.25) is 15.9 Å². The van der Waals surface area contributed by atoms with Crippen molar-refractivity contribution in [3.05, 3.63) is 72.2 Å². The molecule has 2 heterocycles. The van der Waals surface area contributed by atoms with E-state index in [-0.39, 0.29) is 23.8 Å². The third-order valence-corrected chi connectivity index (χ3v) is 8.09. The second-order valence-corrected chi connectivity index (χ2v) is 10.6. The predicted molar refractivity (Wildman–Crippen MR) is 129 cm³/mol. The molecule has 9 heteroatoms. The van der Waals surface area contributed by atoms with Crippen LogP contribution in [0.25, 0.3) is 10.9 Å². The van der Waals surface area contributed by atoms with Crippen LogP contribution in [0.2, 0.25) is 0 Å². The van der Waals surface area contributed by atoms with Gasteiger partial charge < -0.3 is 4.90 Å². The standard InChI is InChI=1S/C25H29FN4O3S/c1-28(34(32,33)23-11-9-22(26)10-12-23)14-4-8-24(31)30-17-15-29(16-18-30)19-21-6-2-5-20-7-3-13-27-25(20)21/h2-3,5-7,9-13H,4,8,14-19H2,1H3. The van der Waals surface area contributed by atoms with E-state index in [1.807, 2.05) is 23.2 Å². The van der Waals surface area contributed by atoms with Gasteiger partial charge >= 0.3 is 0 Å². The molecule has 34 heavy (non-hydrogen) atoms. The molecule has 0 unspecified atom stereocenters. The van der Waals surface area contributed by atoms with E-state index in [9.17, 15) is 17.6 Å². The van der Waals surface area contributed by atoms with Gasteiger partial charge in [-0.3, -0.25) is 14.7 Å². The summed E-state index contributed by atoms with van der Waals surface area (Å²) in [5.74, 6) is -0.444. The molecule has 1 fully saturated rings. The number of pyridine rings is 1. The molecule has 3 aromatic rings. The van der Waals surface area contributed by atoms with E-state index in [4.69, 9.17) is 0 Å². The van der Waals surface area contributed by atoms with E-state index in [2.05, 4.69) is 28.1 Å². The Morgan fingerprint density at radius 1 is 1.03 bits per heavy atom. The van der Waals surface area contributed by atoms with Crippen molar-refractivity contribution in [2.45, 2.75) is 24.3 Å². The van der Waals surface area contributed by atoms with Crippen molar-refractivity contribution < 1.29 is 17.6 Å². The summed E-state index contributed by atoms with van der Waals surface area (Å²) >= 11 is 0. The minimum absolute atomic E-state index is 0.0408. The summed E-state index contributed by atoms with van der Waals surface area (Å²) in [6, 6.07) is 15.0. The maximum atomic E-state index is 13.1. The minimum atomic E-state index is -3.70. The summed E-state index contributed by atoms with van der Waals surface area (Å²) in [5.41, 5.74) is 2.20. The number of hydrogen-bond donors (Lipinski definition) is 0. The molecule has 0 spiro atoms. The van der Waals surface area contributed by atoms with Gasteiger partial charge in [0.1, 0.15) is 5.82 Å². The molecular formula is C25H29FN4O3S. The second-order valence-electron chi connectivity index (χ2n) is 8.53. The fraction of sp³-hybridized carbons (Fsp3) is 0.360. The lowest BCUT2D eigenvalue weighted by atomic mass is 10.1. The maximum Gasteiger partial charge on any atom is 0.242 e. The monoisotopic (exact) mass is 484 g/mol. The van der Waals surface area contributed by atoms with Crippen LogP contribution in [0.15, 0.2) is 65.7 Å². The number of piperazine rings is 1. The van der Waals surface area contributed by atoms with Crippen molar-refractivity contribution >= 4 is 26.8 Å². The molecule has 1 saturated heterocycles. The molecule has 7 nitrogen and oxygen atoms in total. The van der Waals surface area contributed by atoms with E-state index >= 15 is 0 Å². The van der Waals surface area contributed by atoms with Crippen LogP contribution < -0.4 is 0 Å². The van der Waals surface area contributed by atoms with Crippen LogP contribution >= 0.6 is 0 Å². The van der Waals surface area contributed by atoms with E-state index in [0.717, 1.165) is 42.7 Å². The molecule has 0 bridgehead atoms. The quantitative estimate of drug-likeness (QED) is 0.491. The number of benzene rings is 2. The fourth-order valence-electron chi connectivity index (χ4n) is 4.21. The first-order valence-corrected chi connectivity index (χ1v) is 12.8. The third-order valence-electron chi connectivity index (χ3n) is 6.22. The van der Waals surface area contributed by atoms with E-state index in [1.165, 1.54) is 29.0 Å². The molecule has 1 aliphatic heterocycles. The van der Waals surface area contributed by atoms with Crippen molar-refractivity contribution in [3.8, 4) is 0 Å².